The van der Waals surface area contributed by atoms with Gasteiger partial charge in [0.2, 0.25) is 0 Å². The number of amides is 1. The van der Waals surface area contributed by atoms with Gasteiger partial charge in [0.05, 0.1) is 17.9 Å². The average Bonchev–Trinajstić information content (AvgIpc) is 3.04. The Labute approximate surface area is 160 Å². The Morgan fingerprint density at radius 1 is 1.37 bits per heavy atom. The molecular formula is C20H28N4O3. The van der Waals surface area contributed by atoms with E-state index in [1.807, 2.05) is 52.2 Å². The molecule has 0 fully saturated rings. The first-order valence-electron chi connectivity index (χ1n) is 9.32. The van der Waals surface area contributed by atoms with Crippen molar-refractivity contribution in [3.63, 3.8) is 0 Å². The van der Waals surface area contributed by atoms with Crippen molar-refractivity contribution in [2.24, 2.45) is 0 Å². The third-order valence-electron chi connectivity index (χ3n) is 4.66. The molecule has 0 radical (unpaired) electrons. The molecule has 0 saturated heterocycles. The number of aromatic nitrogens is 2. The second-order valence-corrected chi connectivity index (χ2v) is 7.20. The van der Waals surface area contributed by atoms with Gasteiger partial charge in [-0.1, -0.05) is 18.2 Å². The van der Waals surface area contributed by atoms with E-state index >= 15 is 0 Å². The molecule has 0 bridgehead atoms. The summed E-state index contributed by atoms with van der Waals surface area (Å²) in [5.74, 6) is 0.608. The molecule has 27 heavy (non-hydrogen) atoms. The van der Waals surface area contributed by atoms with Crippen molar-refractivity contribution in [2.75, 3.05) is 27.2 Å². The maximum Gasteiger partial charge on any atom is 0.272 e. The molecule has 1 amide bonds. The van der Waals surface area contributed by atoms with Gasteiger partial charge in [-0.25, -0.2) is 0 Å². The minimum Gasteiger partial charge on any atom is -0.492 e. The molecule has 7 nitrogen and oxygen atoms in total. The van der Waals surface area contributed by atoms with Crippen LogP contribution in [0.25, 0.3) is 0 Å². The molecule has 7 heteroatoms. The number of nitrogens with zero attached hydrogens (tertiary/aromatic N) is 2. The Morgan fingerprint density at radius 2 is 2.15 bits per heavy atom. The normalized spacial score (nSPS) is 19.0. The van der Waals surface area contributed by atoms with Crippen LogP contribution >= 0.6 is 0 Å². The second-order valence-electron chi connectivity index (χ2n) is 7.20. The summed E-state index contributed by atoms with van der Waals surface area (Å²) in [5.41, 5.74) is 3.25. The van der Waals surface area contributed by atoms with Gasteiger partial charge >= 0.3 is 0 Å². The zero-order chi connectivity index (χ0) is 19.4. The van der Waals surface area contributed by atoms with Gasteiger partial charge in [-0.15, -0.1) is 0 Å². The maximum atomic E-state index is 12.7. The lowest BCUT2D eigenvalue weighted by Crippen LogP contribution is -2.27. The van der Waals surface area contributed by atoms with Crippen LogP contribution in [0, 0.1) is 0 Å². The summed E-state index contributed by atoms with van der Waals surface area (Å²) in [6.07, 6.45) is 0.675. The van der Waals surface area contributed by atoms with Crippen LogP contribution in [-0.4, -0.2) is 54.4 Å². The van der Waals surface area contributed by atoms with Gasteiger partial charge in [0.15, 0.2) is 5.69 Å². The van der Waals surface area contributed by atoms with Crippen molar-refractivity contribution >= 4 is 5.91 Å². The number of ether oxygens (including phenoxy) is 2. The minimum absolute atomic E-state index is 0.0717. The molecule has 0 saturated carbocycles. The largest absolute Gasteiger partial charge is 0.492 e. The molecule has 0 unspecified atom stereocenters. The summed E-state index contributed by atoms with van der Waals surface area (Å²) in [4.78, 5) is 14.8. The van der Waals surface area contributed by atoms with Gasteiger partial charge in [-0.05, 0) is 34.0 Å². The average molecular weight is 372 g/mol. The lowest BCUT2D eigenvalue weighted by Gasteiger charge is -2.25. The third-order valence-corrected chi connectivity index (χ3v) is 4.66. The fourth-order valence-corrected chi connectivity index (χ4v) is 3.25. The predicted octanol–water partition coefficient (Wildman–Crippen LogP) is 2.30. The number of H-pyrrole nitrogens is 1. The molecule has 1 aromatic carbocycles. The second kappa shape index (κ2) is 8.54. The van der Waals surface area contributed by atoms with Crippen molar-refractivity contribution in [3.05, 3.63) is 46.8 Å². The highest BCUT2D eigenvalue weighted by atomic mass is 16.5. The Balaban J connectivity index is 1.65. The summed E-state index contributed by atoms with van der Waals surface area (Å²) in [7, 11) is 4.01. The standard InChI is InChI=1S/C20H28N4O3/c1-13-11-16-18(14(2)27-13)22-23-19(16)20(25)21-12-15-7-5-6-8-17(15)26-10-9-24(3)4/h5-8,13-14H,9-12H2,1-4H3,(H,21,25)(H,22,23)/t13-,14+/m1/s1. The third kappa shape index (κ3) is 4.67. The molecule has 2 atom stereocenters. The van der Waals surface area contributed by atoms with E-state index in [1.54, 1.807) is 0 Å². The molecule has 2 heterocycles. The molecular weight excluding hydrogens is 344 g/mol. The number of carbonyl (C=O) groups excluding carboxylic acids is 1. The lowest BCUT2D eigenvalue weighted by atomic mass is 9.99. The van der Waals surface area contributed by atoms with Gasteiger partial charge in [0.1, 0.15) is 12.4 Å². The highest BCUT2D eigenvalue weighted by Gasteiger charge is 2.29. The molecule has 1 aromatic heterocycles. The summed E-state index contributed by atoms with van der Waals surface area (Å²) in [6, 6.07) is 7.76. The van der Waals surface area contributed by atoms with Gasteiger partial charge in [-0.3, -0.25) is 9.89 Å². The number of rotatable bonds is 7. The molecule has 1 aliphatic heterocycles. The Morgan fingerprint density at radius 3 is 2.93 bits per heavy atom. The van der Waals surface area contributed by atoms with E-state index in [1.165, 1.54) is 0 Å². The monoisotopic (exact) mass is 372 g/mol. The molecule has 3 rings (SSSR count). The number of nitrogens with one attached hydrogen (secondary N) is 2. The number of para-hydroxylation sites is 1. The first kappa shape index (κ1) is 19.4. The summed E-state index contributed by atoms with van der Waals surface area (Å²) >= 11 is 0. The van der Waals surface area contributed by atoms with Crippen molar-refractivity contribution in [1.29, 1.82) is 0 Å². The zero-order valence-electron chi connectivity index (χ0n) is 16.4. The van der Waals surface area contributed by atoms with Crippen LogP contribution in [0.1, 0.15) is 47.3 Å². The number of hydrogen-bond donors (Lipinski definition) is 2. The van der Waals surface area contributed by atoms with Crippen LogP contribution in [0.3, 0.4) is 0 Å². The van der Waals surface area contributed by atoms with E-state index in [4.69, 9.17) is 9.47 Å². The van der Waals surface area contributed by atoms with Crippen LogP contribution in [0.2, 0.25) is 0 Å². The molecule has 0 spiro atoms. The van der Waals surface area contributed by atoms with E-state index in [0.29, 0.717) is 25.3 Å². The number of hydrogen-bond acceptors (Lipinski definition) is 5. The van der Waals surface area contributed by atoms with Gasteiger partial charge in [0.25, 0.3) is 5.91 Å². The Bertz CT molecular complexity index is 787. The number of likely N-dealkylation sites (N-methyl/N-ethyl adjacent to an activating group) is 1. The van der Waals surface area contributed by atoms with Crippen LogP contribution in [0.5, 0.6) is 5.75 Å². The van der Waals surface area contributed by atoms with E-state index in [0.717, 1.165) is 29.1 Å². The molecule has 1 aliphatic rings. The summed E-state index contributed by atoms with van der Waals surface area (Å²) in [5, 5.41) is 10.2. The van der Waals surface area contributed by atoms with E-state index in [2.05, 4.69) is 20.4 Å². The minimum atomic E-state index is -0.183. The van der Waals surface area contributed by atoms with Gasteiger partial charge < -0.3 is 19.7 Å². The lowest BCUT2D eigenvalue weighted by molar-refractivity contribution is -0.00697. The molecule has 2 N–H and O–H groups in total. The summed E-state index contributed by atoms with van der Waals surface area (Å²) < 4.78 is 11.6. The highest BCUT2D eigenvalue weighted by molar-refractivity contribution is 5.94. The van der Waals surface area contributed by atoms with Crippen molar-refractivity contribution in [1.82, 2.24) is 20.4 Å². The number of fused-ring (bicyclic) bond motifs is 1. The van der Waals surface area contributed by atoms with Crippen molar-refractivity contribution in [3.8, 4) is 5.75 Å². The fourth-order valence-electron chi connectivity index (χ4n) is 3.25. The van der Waals surface area contributed by atoms with Crippen LogP contribution in [0.4, 0.5) is 0 Å². The first-order valence-corrected chi connectivity index (χ1v) is 9.32. The molecule has 2 aromatic rings. The number of aromatic amines is 1. The van der Waals surface area contributed by atoms with Crippen LogP contribution in [0.15, 0.2) is 24.3 Å². The van der Waals surface area contributed by atoms with Gasteiger partial charge in [-0.2, -0.15) is 5.10 Å². The SMILES string of the molecule is C[C@@H]1Cc2c(C(=O)NCc3ccccc3OCCN(C)C)n[nH]c2[C@H](C)O1. The Hall–Kier alpha value is -2.38. The molecule has 146 valence electrons. The maximum absolute atomic E-state index is 12.7. The van der Waals surface area contributed by atoms with Crippen molar-refractivity contribution < 1.29 is 14.3 Å². The quantitative estimate of drug-likeness (QED) is 0.780. The fraction of sp³-hybridized carbons (Fsp3) is 0.500. The Kier molecular flexibility index (Phi) is 6.13. The van der Waals surface area contributed by atoms with Crippen LogP contribution < -0.4 is 10.1 Å². The number of benzene rings is 1. The molecule has 0 aliphatic carbocycles. The first-order chi connectivity index (χ1) is 13.0. The van der Waals surface area contributed by atoms with E-state index in [9.17, 15) is 4.79 Å². The predicted molar refractivity (Wildman–Crippen MR) is 103 cm³/mol. The van der Waals surface area contributed by atoms with Crippen LogP contribution in [-0.2, 0) is 17.7 Å². The smallest absolute Gasteiger partial charge is 0.272 e. The van der Waals surface area contributed by atoms with Crippen molar-refractivity contribution in [2.45, 2.75) is 39.0 Å². The van der Waals surface area contributed by atoms with E-state index in [-0.39, 0.29) is 18.1 Å². The zero-order valence-corrected chi connectivity index (χ0v) is 16.4. The highest BCUT2D eigenvalue weighted by Crippen LogP contribution is 2.30. The number of carbonyl (C=O) groups is 1. The van der Waals surface area contributed by atoms with Gasteiger partial charge in [0, 0.05) is 30.6 Å². The summed E-state index contributed by atoms with van der Waals surface area (Å²) in [6.45, 7) is 5.80. The van der Waals surface area contributed by atoms with E-state index < -0.39 is 0 Å². The topological polar surface area (TPSA) is 79.5 Å².